The minimum atomic E-state index is -1.49. The van der Waals surface area contributed by atoms with Gasteiger partial charge in [0.2, 0.25) is 0 Å². The van der Waals surface area contributed by atoms with Gasteiger partial charge in [0, 0.05) is 27.9 Å². The summed E-state index contributed by atoms with van der Waals surface area (Å²) in [6, 6.07) is 16.6. The topological polar surface area (TPSA) is 151 Å². The van der Waals surface area contributed by atoms with E-state index in [-0.39, 0.29) is 16.7 Å². The molecule has 0 bridgehead atoms. The Morgan fingerprint density at radius 1 is 0.625 bits per heavy atom. The highest BCUT2D eigenvalue weighted by Crippen LogP contribution is 2.30. The largest absolute Gasteiger partial charge is 0.494 e. The Hall–Kier alpha value is -4.86. The number of carboxylic acids is 2. The van der Waals surface area contributed by atoms with Crippen molar-refractivity contribution in [3.63, 3.8) is 0 Å². The van der Waals surface area contributed by atoms with Gasteiger partial charge in [0.1, 0.15) is 11.5 Å². The molecule has 0 unspecified atom stereocenters. The van der Waals surface area contributed by atoms with Crippen molar-refractivity contribution in [1.82, 2.24) is 0 Å². The van der Waals surface area contributed by atoms with Crippen LogP contribution in [0.3, 0.4) is 0 Å². The molecule has 0 aliphatic heterocycles. The number of anilines is 2. The van der Waals surface area contributed by atoms with Gasteiger partial charge in [0.05, 0.1) is 29.9 Å². The number of Topliss-reactive ketones (excluding diaryl/α,β-unsaturated/α-hetero) is 1. The zero-order valence-electron chi connectivity index (χ0n) is 28.8. The van der Waals surface area contributed by atoms with Crippen molar-refractivity contribution in [2.24, 2.45) is 5.41 Å². The summed E-state index contributed by atoms with van der Waals surface area (Å²) in [7, 11) is 0. The first-order valence-electron chi connectivity index (χ1n) is 16.5. The van der Waals surface area contributed by atoms with E-state index in [9.17, 15) is 29.4 Å². The van der Waals surface area contributed by atoms with Gasteiger partial charge >= 0.3 is 11.9 Å². The first-order chi connectivity index (χ1) is 22.7. The lowest BCUT2D eigenvalue weighted by molar-refractivity contribution is 0.0683. The molecule has 0 fully saturated rings. The highest BCUT2D eigenvalue weighted by molar-refractivity contribution is 6.15. The molecule has 0 aliphatic carbocycles. The number of benzene rings is 3. The molecule has 0 saturated heterocycles. The van der Waals surface area contributed by atoms with Gasteiger partial charge in [-0.15, -0.1) is 0 Å². The van der Waals surface area contributed by atoms with Crippen molar-refractivity contribution in [3.8, 4) is 11.5 Å². The van der Waals surface area contributed by atoms with E-state index in [0.29, 0.717) is 31.1 Å². The number of ketones is 1. The third-order valence-electron chi connectivity index (χ3n) is 8.91. The number of aromatic carboxylic acids is 2. The van der Waals surface area contributed by atoms with Crippen LogP contribution in [-0.2, 0) is 0 Å². The quantitative estimate of drug-likeness (QED) is 0.0732. The Labute approximate surface area is 282 Å². The lowest BCUT2D eigenvalue weighted by Crippen LogP contribution is -2.32. The van der Waals surface area contributed by atoms with E-state index < -0.39 is 40.2 Å². The second-order valence-corrected chi connectivity index (χ2v) is 12.8. The van der Waals surface area contributed by atoms with Crippen molar-refractivity contribution in [3.05, 3.63) is 82.9 Å². The molecule has 4 N–H and O–H groups in total. The van der Waals surface area contributed by atoms with Crippen molar-refractivity contribution in [2.45, 2.75) is 85.6 Å². The highest BCUT2D eigenvalue weighted by atomic mass is 16.5. The van der Waals surface area contributed by atoms with E-state index >= 15 is 0 Å². The summed E-state index contributed by atoms with van der Waals surface area (Å²) >= 11 is 0. The molecular weight excluding hydrogens is 612 g/mol. The first-order valence-corrected chi connectivity index (χ1v) is 16.5. The molecule has 0 saturated carbocycles. The Morgan fingerprint density at radius 2 is 1.08 bits per heavy atom. The zero-order valence-corrected chi connectivity index (χ0v) is 28.8. The van der Waals surface area contributed by atoms with E-state index in [2.05, 4.69) is 31.4 Å². The fraction of sp³-hybridized carbons (Fsp3) is 0.421. The average Bonchev–Trinajstić information content (AvgIpc) is 3.08. The van der Waals surface area contributed by atoms with Crippen LogP contribution in [0.1, 0.15) is 121 Å². The summed E-state index contributed by atoms with van der Waals surface area (Å²) < 4.78 is 11.7. The lowest BCUT2D eigenvalue weighted by atomic mass is 9.79. The highest BCUT2D eigenvalue weighted by Gasteiger charge is 2.32. The smallest absolute Gasteiger partial charge is 0.336 e. The van der Waals surface area contributed by atoms with E-state index in [1.165, 1.54) is 0 Å². The van der Waals surface area contributed by atoms with Crippen molar-refractivity contribution < 1.29 is 38.9 Å². The maximum Gasteiger partial charge on any atom is 0.336 e. The third kappa shape index (κ3) is 10.1. The third-order valence-corrected chi connectivity index (χ3v) is 8.91. The molecule has 48 heavy (non-hydrogen) atoms. The van der Waals surface area contributed by atoms with E-state index in [1.807, 2.05) is 24.3 Å². The first kappa shape index (κ1) is 37.6. The molecule has 0 atom stereocenters. The molecular formula is C38H48N2O8. The number of nitrogens with one attached hydrogen (secondary N) is 2. The van der Waals surface area contributed by atoms with Gasteiger partial charge in [-0.2, -0.15) is 0 Å². The fourth-order valence-corrected chi connectivity index (χ4v) is 4.86. The minimum Gasteiger partial charge on any atom is -0.494 e. The molecule has 0 aliphatic rings. The summed E-state index contributed by atoms with van der Waals surface area (Å²) in [5, 5.41) is 25.6. The lowest BCUT2D eigenvalue weighted by Gasteiger charge is -2.29. The van der Waals surface area contributed by atoms with Gasteiger partial charge < -0.3 is 30.3 Å². The van der Waals surface area contributed by atoms with E-state index in [1.54, 1.807) is 45.0 Å². The molecule has 3 aromatic rings. The van der Waals surface area contributed by atoms with Crippen LogP contribution in [0.5, 0.6) is 11.5 Å². The zero-order chi connectivity index (χ0) is 35.5. The SMILES string of the molecule is CCC(C)(CC)Nc1ccc(OCCCCCOc2ccc(NC(=O)c3cc(C(=O)C(C)(C)CC)c(C(=O)O)cc3C(=O)O)cc2)cc1. The standard InChI is InChI=1S/C38H48N2O8/c1-7-37(4,5)33(41)29-23-30(32(36(45)46)24-31(29)35(43)44)34(42)39-25-13-17-27(18-14-25)47-21-11-10-12-22-48-28-19-15-26(16-20-28)40-38(6,8-2)9-3/h13-20,23-24,40H,7-12,21-22H2,1-6H3,(H,39,42)(H,43,44)(H,45,46). The van der Waals surface area contributed by atoms with Crippen LogP contribution < -0.4 is 20.1 Å². The molecule has 3 rings (SSSR count). The van der Waals surface area contributed by atoms with Crippen molar-refractivity contribution in [1.29, 1.82) is 0 Å². The molecule has 0 heterocycles. The number of carbonyl (C=O) groups is 4. The predicted molar refractivity (Wildman–Crippen MR) is 187 cm³/mol. The summed E-state index contributed by atoms with van der Waals surface area (Å²) in [6.07, 6.45) is 5.14. The van der Waals surface area contributed by atoms with Crippen molar-refractivity contribution >= 4 is 35.0 Å². The van der Waals surface area contributed by atoms with Crippen LogP contribution in [0.15, 0.2) is 60.7 Å². The molecule has 0 radical (unpaired) electrons. The van der Waals surface area contributed by atoms with Crippen LogP contribution >= 0.6 is 0 Å². The van der Waals surface area contributed by atoms with Gasteiger partial charge in [-0.1, -0.05) is 34.6 Å². The number of hydrogen-bond acceptors (Lipinski definition) is 7. The molecule has 0 aromatic heterocycles. The Morgan fingerprint density at radius 3 is 1.54 bits per heavy atom. The van der Waals surface area contributed by atoms with Crippen LogP contribution in [0.4, 0.5) is 11.4 Å². The van der Waals surface area contributed by atoms with E-state index in [0.717, 1.165) is 55.7 Å². The second-order valence-electron chi connectivity index (χ2n) is 12.8. The monoisotopic (exact) mass is 660 g/mol. The van der Waals surface area contributed by atoms with Crippen LogP contribution in [0.25, 0.3) is 0 Å². The fourth-order valence-electron chi connectivity index (χ4n) is 4.86. The van der Waals surface area contributed by atoms with Gasteiger partial charge in [-0.05, 0) is 106 Å². The van der Waals surface area contributed by atoms with Gasteiger partial charge in [-0.3, -0.25) is 9.59 Å². The number of hydrogen-bond donors (Lipinski definition) is 4. The summed E-state index contributed by atoms with van der Waals surface area (Å²) in [5.41, 5.74) is -0.885. The number of amides is 1. The molecule has 10 nitrogen and oxygen atoms in total. The molecule has 3 aromatic carbocycles. The van der Waals surface area contributed by atoms with Crippen LogP contribution in [0, 0.1) is 5.41 Å². The van der Waals surface area contributed by atoms with E-state index in [4.69, 9.17) is 9.47 Å². The maximum absolute atomic E-state index is 13.2. The molecule has 258 valence electrons. The minimum absolute atomic E-state index is 0.0789. The van der Waals surface area contributed by atoms with Crippen molar-refractivity contribution in [2.75, 3.05) is 23.8 Å². The van der Waals surface area contributed by atoms with Gasteiger partial charge in [0.25, 0.3) is 5.91 Å². The number of rotatable bonds is 19. The summed E-state index contributed by atoms with van der Waals surface area (Å²) in [4.78, 5) is 50.3. The Balaban J connectivity index is 1.51. The van der Waals surface area contributed by atoms with Crippen LogP contribution in [0.2, 0.25) is 0 Å². The Bertz CT molecular complexity index is 1580. The molecule has 0 spiro atoms. The molecule has 1 amide bonds. The van der Waals surface area contributed by atoms with Crippen LogP contribution in [-0.4, -0.2) is 52.6 Å². The predicted octanol–water partition coefficient (Wildman–Crippen LogP) is 8.57. The average molecular weight is 661 g/mol. The second kappa shape index (κ2) is 16.8. The summed E-state index contributed by atoms with van der Waals surface area (Å²) in [5.74, 6) is -2.78. The number of carbonyl (C=O) groups excluding carboxylic acids is 2. The molecule has 10 heteroatoms. The van der Waals surface area contributed by atoms with Gasteiger partial charge in [-0.25, -0.2) is 9.59 Å². The summed E-state index contributed by atoms with van der Waals surface area (Å²) in [6.45, 7) is 12.8. The Kier molecular flexibility index (Phi) is 13.2. The van der Waals surface area contributed by atoms with Gasteiger partial charge in [0.15, 0.2) is 5.78 Å². The maximum atomic E-state index is 13.2. The number of carboxylic acid groups (broad SMARTS) is 2. The number of unbranched alkanes of at least 4 members (excludes halogenated alkanes) is 2. The normalized spacial score (nSPS) is 11.5. The number of ether oxygens (including phenoxy) is 2.